The van der Waals surface area contributed by atoms with Crippen LogP contribution in [0.15, 0.2) is 30.3 Å². The average Bonchev–Trinajstić information content (AvgIpc) is 2.37. The van der Waals surface area contributed by atoms with Gasteiger partial charge in [-0.15, -0.1) is 0 Å². The van der Waals surface area contributed by atoms with Crippen LogP contribution < -0.4 is 15.2 Å². The lowest BCUT2D eigenvalue weighted by Crippen LogP contribution is -2.09. The normalized spacial score (nSPS) is 10.7. The van der Waals surface area contributed by atoms with Crippen molar-refractivity contribution in [3.8, 4) is 17.5 Å². The van der Waals surface area contributed by atoms with E-state index in [9.17, 15) is 0 Å². The first kappa shape index (κ1) is 14.2. The van der Waals surface area contributed by atoms with Gasteiger partial charge in [0.15, 0.2) is 0 Å². The number of nitrogens with zero attached hydrogens (tertiary/aromatic N) is 1. The Bertz CT molecular complexity index is 589. The molecule has 0 bridgehead atoms. The minimum absolute atomic E-state index is 0.0141. The van der Waals surface area contributed by atoms with Crippen LogP contribution in [0.2, 0.25) is 0 Å². The number of aryl methyl sites for hydroxylation is 2. The van der Waals surface area contributed by atoms with Crippen LogP contribution in [0.3, 0.4) is 0 Å². The Labute approximate surface area is 119 Å². The highest BCUT2D eigenvalue weighted by Gasteiger charge is 2.10. The molecule has 0 atom stereocenters. The van der Waals surface area contributed by atoms with Gasteiger partial charge in [-0.3, -0.25) is 0 Å². The van der Waals surface area contributed by atoms with Crippen molar-refractivity contribution in [1.29, 1.82) is 0 Å². The molecule has 4 heteroatoms. The predicted octanol–water partition coefficient (Wildman–Crippen LogP) is 3.86. The standard InChI is InChI=1S/C16H20N2O2/c1-10(2)19-16-13(17)8-9-14(18-16)20-15-11(3)6-5-7-12(15)4/h5-10H,17H2,1-4H3. The third kappa shape index (κ3) is 3.20. The number of rotatable bonds is 4. The molecule has 0 unspecified atom stereocenters. The largest absolute Gasteiger partial charge is 0.473 e. The van der Waals surface area contributed by atoms with E-state index in [4.69, 9.17) is 15.2 Å². The van der Waals surface area contributed by atoms with Gasteiger partial charge in [0.2, 0.25) is 11.8 Å². The summed E-state index contributed by atoms with van der Waals surface area (Å²) in [6.07, 6.45) is 0.0141. The van der Waals surface area contributed by atoms with Gasteiger partial charge in [0.1, 0.15) is 5.75 Å². The molecular formula is C16H20N2O2. The summed E-state index contributed by atoms with van der Waals surface area (Å²) < 4.78 is 11.4. The molecule has 0 aliphatic heterocycles. The van der Waals surface area contributed by atoms with E-state index in [1.54, 1.807) is 12.1 Å². The van der Waals surface area contributed by atoms with E-state index in [1.807, 2.05) is 45.9 Å². The topological polar surface area (TPSA) is 57.4 Å². The van der Waals surface area contributed by atoms with E-state index < -0.39 is 0 Å². The minimum Gasteiger partial charge on any atom is -0.473 e. The molecule has 0 radical (unpaired) electrons. The highest BCUT2D eigenvalue weighted by molar-refractivity contribution is 5.50. The Morgan fingerprint density at radius 1 is 1.05 bits per heavy atom. The maximum absolute atomic E-state index is 5.87. The van der Waals surface area contributed by atoms with Gasteiger partial charge in [-0.05, 0) is 44.9 Å². The Morgan fingerprint density at radius 2 is 1.70 bits per heavy atom. The van der Waals surface area contributed by atoms with Crippen LogP contribution in [0.4, 0.5) is 5.69 Å². The van der Waals surface area contributed by atoms with Gasteiger partial charge in [-0.1, -0.05) is 18.2 Å². The van der Waals surface area contributed by atoms with E-state index in [2.05, 4.69) is 4.98 Å². The monoisotopic (exact) mass is 272 g/mol. The predicted molar refractivity (Wildman–Crippen MR) is 80.4 cm³/mol. The lowest BCUT2D eigenvalue weighted by Gasteiger charge is -2.14. The third-order valence-electron chi connectivity index (χ3n) is 2.83. The average molecular weight is 272 g/mol. The molecule has 0 amide bonds. The summed E-state index contributed by atoms with van der Waals surface area (Å²) in [6, 6.07) is 9.50. The molecule has 20 heavy (non-hydrogen) atoms. The number of benzene rings is 1. The highest BCUT2D eigenvalue weighted by Crippen LogP contribution is 2.30. The number of aromatic nitrogens is 1. The van der Waals surface area contributed by atoms with E-state index in [0.29, 0.717) is 17.4 Å². The molecule has 0 saturated heterocycles. The van der Waals surface area contributed by atoms with Gasteiger partial charge in [-0.25, -0.2) is 0 Å². The molecule has 0 fully saturated rings. The lowest BCUT2D eigenvalue weighted by atomic mass is 10.1. The van der Waals surface area contributed by atoms with Crippen molar-refractivity contribution in [3.05, 3.63) is 41.5 Å². The van der Waals surface area contributed by atoms with Gasteiger partial charge >= 0.3 is 0 Å². The SMILES string of the molecule is Cc1cccc(C)c1Oc1ccc(N)c(OC(C)C)n1. The van der Waals surface area contributed by atoms with Crippen molar-refractivity contribution in [3.63, 3.8) is 0 Å². The highest BCUT2D eigenvalue weighted by atomic mass is 16.5. The second kappa shape index (κ2) is 5.82. The fourth-order valence-corrected chi connectivity index (χ4v) is 1.87. The van der Waals surface area contributed by atoms with Crippen molar-refractivity contribution in [1.82, 2.24) is 4.98 Å². The number of nitrogens with two attached hydrogens (primary N) is 1. The van der Waals surface area contributed by atoms with Crippen LogP contribution in [0.25, 0.3) is 0 Å². The van der Waals surface area contributed by atoms with Crippen molar-refractivity contribution >= 4 is 5.69 Å². The first-order chi connectivity index (χ1) is 9.47. The number of pyridine rings is 1. The Morgan fingerprint density at radius 3 is 2.30 bits per heavy atom. The van der Waals surface area contributed by atoms with E-state index in [0.717, 1.165) is 16.9 Å². The van der Waals surface area contributed by atoms with E-state index >= 15 is 0 Å². The summed E-state index contributed by atoms with van der Waals surface area (Å²) in [5.41, 5.74) is 8.48. The number of para-hydroxylation sites is 1. The third-order valence-corrected chi connectivity index (χ3v) is 2.83. The number of anilines is 1. The number of ether oxygens (including phenoxy) is 2. The number of nitrogen functional groups attached to an aromatic ring is 1. The maximum atomic E-state index is 5.87. The summed E-state index contributed by atoms with van der Waals surface area (Å²) >= 11 is 0. The molecule has 0 aliphatic rings. The van der Waals surface area contributed by atoms with Crippen molar-refractivity contribution in [2.75, 3.05) is 5.73 Å². The molecule has 1 heterocycles. The van der Waals surface area contributed by atoms with Crippen LogP contribution in [-0.4, -0.2) is 11.1 Å². The van der Waals surface area contributed by atoms with Gasteiger partial charge in [0.05, 0.1) is 11.8 Å². The van der Waals surface area contributed by atoms with Crippen LogP contribution >= 0.6 is 0 Å². The van der Waals surface area contributed by atoms with Gasteiger partial charge in [0.25, 0.3) is 0 Å². The zero-order valence-electron chi connectivity index (χ0n) is 12.3. The minimum atomic E-state index is 0.0141. The van der Waals surface area contributed by atoms with Crippen LogP contribution in [0.1, 0.15) is 25.0 Å². The molecule has 2 N–H and O–H groups in total. The summed E-state index contributed by atoms with van der Waals surface area (Å²) in [5, 5.41) is 0. The number of hydrogen-bond donors (Lipinski definition) is 1. The molecule has 1 aromatic carbocycles. The van der Waals surface area contributed by atoms with Gasteiger partial charge in [0, 0.05) is 6.07 Å². The molecule has 106 valence electrons. The van der Waals surface area contributed by atoms with Crippen molar-refractivity contribution in [2.24, 2.45) is 0 Å². The first-order valence-electron chi connectivity index (χ1n) is 6.64. The number of hydrogen-bond acceptors (Lipinski definition) is 4. The van der Waals surface area contributed by atoms with Crippen molar-refractivity contribution < 1.29 is 9.47 Å². The molecule has 1 aromatic heterocycles. The molecular weight excluding hydrogens is 252 g/mol. The smallest absolute Gasteiger partial charge is 0.240 e. The first-order valence-corrected chi connectivity index (χ1v) is 6.64. The van der Waals surface area contributed by atoms with Crippen LogP contribution in [0, 0.1) is 13.8 Å². The Hall–Kier alpha value is -2.23. The zero-order chi connectivity index (χ0) is 14.7. The summed E-state index contributed by atoms with van der Waals surface area (Å²) in [6.45, 7) is 7.87. The summed E-state index contributed by atoms with van der Waals surface area (Å²) in [5.74, 6) is 1.70. The van der Waals surface area contributed by atoms with Gasteiger partial charge in [-0.2, -0.15) is 4.98 Å². The fraction of sp³-hybridized carbons (Fsp3) is 0.312. The molecule has 0 saturated carbocycles. The lowest BCUT2D eigenvalue weighted by molar-refractivity contribution is 0.232. The summed E-state index contributed by atoms with van der Waals surface area (Å²) in [7, 11) is 0. The molecule has 0 aliphatic carbocycles. The second-order valence-electron chi connectivity index (χ2n) is 5.03. The molecule has 4 nitrogen and oxygen atoms in total. The van der Waals surface area contributed by atoms with E-state index in [-0.39, 0.29) is 6.10 Å². The van der Waals surface area contributed by atoms with Crippen LogP contribution in [-0.2, 0) is 0 Å². The van der Waals surface area contributed by atoms with Gasteiger partial charge < -0.3 is 15.2 Å². The maximum Gasteiger partial charge on any atom is 0.240 e. The summed E-state index contributed by atoms with van der Waals surface area (Å²) in [4.78, 5) is 4.32. The molecule has 2 rings (SSSR count). The molecule has 0 spiro atoms. The van der Waals surface area contributed by atoms with E-state index in [1.165, 1.54) is 0 Å². The quantitative estimate of drug-likeness (QED) is 0.918. The zero-order valence-corrected chi connectivity index (χ0v) is 12.3. The molecule has 2 aromatic rings. The van der Waals surface area contributed by atoms with Crippen molar-refractivity contribution in [2.45, 2.75) is 33.8 Å². The Balaban J connectivity index is 2.30. The second-order valence-corrected chi connectivity index (χ2v) is 5.03. The fourth-order valence-electron chi connectivity index (χ4n) is 1.87. The Kier molecular flexibility index (Phi) is 4.13. The van der Waals surface area contributed by atoms with Crippen LogP contribution in [0.5, 0.6) is 17.5 Å².